The fourth-order valence-electron chi connectivity index (χ4n) is 1.12. The predicted molar refractivity (Wildman–Crippen MR) is 78.9 cm³/mol. The molecule has 0 heterocycles. The average molecular weight is 243 g/mol. The van der Waals surface area contributed by atoms with Crippen molar-refractivity contribution in [2.45, 2.75) is 20.3 Å². The molecule has 0 atom stereocenters. The summed E-state index contributed by atoms with van der Waals surface area (Å²) in [5, 5.41) is 0. The summed E-state index contributed by atoms with van der Waals surface area (Å²) < 4.78 is 0. The van der Waals surface area contributed by atoms with Crippen LogP contribution in [0.3, 0.4) is 0 Å². The number of hydrogen-bond acceptors (Lipinski definition) is 1. The zero-order valence-corrected chi connectivity index (χ0v) is 11.0. The minimum Gasteiger partial charge on any atom is -0.366 e. The van der Waals surface area contributed by atoms with Crippen LogP contribution >= 0.6 is 0 Å². The highest BCUT2D eigenvalue weighted by Crippen LogP contribution is 1.97. The van der Waals surface area contributed by atoms with Crippen LogP contribution in [0, 0.1) is 0 Å². The fourth-order valence-corrected chi connectivity index (χ4v) is 1.12. The molecule has 2 nitrogen and oxygen atoms in total. The van der Waals surface area contributed by atoms with Gasteiger partial charge in [-0.2, -0.15) is 0 Å². The van der Waals surface area contributed by atoms with E-state index in [2.05, 4.69) is 0 Å². The van der Waals surface area contributed by atoms with Gasteiger partial charge in [0.15, 0.2) is 0 Å². The van der Waals surface area contributed by atoms with E-state index in [4.69, 9.17) is 5.73 Å². The number of primary amides is 1. The summed E-state index contributed by atoms with van der Waals surface area (Å²) in [5.41, 5.74) is 5.72. The Morgan fingerprint density at radius 2 is 1.61 bits per heavy atom. The lowest BCUT2D eigenvalue weighted by atomic mass is 10.2. The van der Waals surface area contributed by atoms with Gasteiger partial charge in [-0.3, -0.25) is 4.79 Å². The topological polar surface area (TPSA) is 43.1 Å². The van der Waals surface area contributed by atoms with Crippen LogP contribution in [0.25, 0.3) is 0 Å². The second kappa shape index (κ2) is 11.4. The number of nitrogens with two attached hydrogens (primary N) is 1. The first-order chi connectivity index (χ1) is 8.72. The molecular formula is C16H21NO. The summed E-state index contributed by atoms with van der Waals surface area (Å²) in [6.07, 6.45) is 21.7. The van der Waals surface area contributed by atoms with Crippen molar-refractivity contribution in [3.63, 3.8) is 0 Å². The van der Waals surface area contributed by atoms with Crippen molar-refractivity contribution in [2.75, 3.05) is 0 Å². The van der Waals surface area contributed by atoms with Gasteiger partial charge in [0, 0.05) is 5.57 Å². The Balaban J connectivity index is 4.17. The maximum absolute atomic E-state index is 11.0. The van der Waals surface area contributed by atoms with E-state index in [0.717, 1.165) is 6.42 Å². The van der Waals surface area contributed by atoms with Crippen molar-refractivity contribution in [2.24, 2.45) is 5.73 Å². The van der Waals surface area contributed by atoms with Crippen LogP contribution < -0.4 is 5.73 Å². The largest absolute Gasteiger partial charge is 0.366 e. The molecule has 0 spiro atoms. The number of carbonyl (C=O) groups excluding carboxylic acids is 1. The molecule has 96 valence electrons. The number of amides is 1. The van der Waals surface area contributed by atoms with Gasteiger partial charge in [-0.15, -0.1) is 0 Å². The summed E-state index contributed by atoms with van der Waals surface area (Å²) >= 11 is 0. The SMILES string of the molecule is C/C=C/C=C/C=C/C/C=C/C=C(/C=C/C)C(N)=O. The lowest BCUT2D eigenvalue weighted by Gasteiger charge is -1.91. The standard InChI is InChI=1S/C16H21NO/c1-3-5-6-7-8-9-10-11-12-14-15(13-4-2)16(17)18/h3-9,11-14H,10H2,1-2H3,(H2,17,18)/b5-3+,7-6+,9-8+,12-11+,13-4+,15-14-. The van der Waals surface area contributed by atoms with Crippen LogP contribution in [-0.4, -0.2) is 5.91 Å². The van der Waals surface area contributed by atoms with Gasteiger partial charge in [0.25, 0.3) is 0 Å². The summed E-state index contributed by atoms with van der Waals surface area (Å²) in [6, 6.07) is 0. The van der Waals surface area contributed by atoms with Crippen LogP contribution in [0.15, 0.2) is 72.4 Å². The summed E-state index contributed by atoms with van der Waals surface area (Å²) in [6.45, 7) is 3.82. The molecule has 0 saturated carbocycles. The third-order valence-electron chi connectivity index (χ3n) is 1.98. The Labute approximate surface area is 110 Å². The quantitative estimate of drug-likeness (QED) is 0.538. The Hall–Kier alpha value is -2.09. The van der Waals surface area contributed by atoms with E-state index in [1.807, 2.05) is 62.5 Å². The van der Waals surface area contributed by atoms with Crippen LogP contribution in [-0.2, 0) is 4.79 Å². The first-order valence-electron chi connectivity index (χ1n) is 5.96. The second-order valence-corrected chi connectivity index (χ2v) is 3.49. The van der Waals surface area contributed by atoms with Crippen molar-refractivity contribution in [3.05, 3.63) is 72.4 Å². The molecule has 0 aromatic carbocycles. The van der Waals surface area contributed by atoms with Gasteiger partial charge in [0.2, 0.25) is 5.91 Å². The van der Waals surface area contributed by atoms with Crippen LogP contribution in [0.1, 0.15) is 20.3 Å². The van der Waals surface area contributed by atoms with E-state index in [9.17, 15) is 4.79 Å². The first-order valence-corrected chi connectivity index (χ1v) is 5.96. The Morgan fingerprint density at radius 1 is 0.944 bits per heavy atom. The molecule has 0 bridgehead atoms. The Kier molecular flexibility index (Phi) is 10.1. The molecule has 0 radical (unpaired) electrons. The molecule has 18 heavy (non-hydrogen) atoms. The van der Waals surface area contributed by atoms with E-state index in [0.29, 0.717) is 5.57 Å². The number of allylic oxidation sites excluding steroid dienone is 10. The summed E-state index contributed by atoms with van der Waals surface area (Å²) in [4.78, 5) is 11.0. The van der Waals surface area contributed by atoms with Gasteiger partial charge in [-0.25, -0.2) is 0 Å². The molecule has 0 aromatic heterocycles. The molecule has 1 amide bonds. The monoisotopic (exact) mass is 243 g/mol. The van der Waals surface area contributed by atoms with E-state index >= 15 is 0 Å². The summed E-state index contributed by atoms with van der Waals surface area (Å²) in [7, 11) is 0. The van der Waals surface area contributed by atoms with E-state index in [1.165, 1.54) is 0 Å². The molecule has 2 N–H and O–H groups in total. The van der Waals surface area contributed by atoms with E-state index in [1.54, 1.807) is 18.2 Å². The number of hydrogen-bond donors (Lipinski definition) is 1. The van der Waals surface area contributed by atoms with Gasteiger partial charge in [0.05, 0.1) is 0 Å². The molecular weight excluding hydrogens is 222 g/mol. The third kappa shape index (κ3) is 9.16. The average Bonchev–Trinajstić information content (AvgIpc) is 2.35. The third-order valence-corrected chi connectivity index (χ3v) is 1.98. The number of rotatable bonds is 7. The molecule has 0 aliphatic heterocycles. The molecule has 2 heteroatoms. The Bertz CT molecular complexity index is 407. The zero-order valence-electron chi connectivity index (χ0n) is 11.0. The minimum atomic E-state index is -0.414. The Morgan fingerprint density at radius 3 is 2.22 bits per heavy atom. The van der Waals surface area contributed by atoms with Gasteiger partial charge >= 0.3 is 0 Å². The maximum Gasteiger partial charge on any atom is 0.248 e. The number of carbonyl (C=O) groups is 1. The van der Waals surface area contributed by atoms with Gasteiger partial charge < -0.3 is 5.73 Å². The fraction of sp³-hybridized carbons (Fsp3) is 0.188. The van der Waals surface area contributed by atoms with Crippen molar-refractivity contribution in [1.82, 2.24) is 0 Å². The first kappa shape index (κ1) is 15.9. The minimum absolute atomic E-state index is 0.414. The lowest BCUT2D eigenvalue weighted by molar-refractivity contribution is -0.114. The molecule has 0 saturated heterocycles. The molecule has 0 rings (SSSR count). The molecule has 0 fully saturated rings. The van der Waals surface area contributed by atoms with Crippen molar-refractivity contribution in [3.8, 4) is 0 Å². The molecule has 0 unspecified atom stereocenters. The van der Waals surface area contributed by atoms with Gasteiger partial charge in [-0.1, -0.05) is 60.8 Å². The predicted octanol–water partition coefficient (Wildman–Crippen LogP) is 3.61. The maximum atomic E-state index is 11.0. The molecule has 0 aliphatic carbocycles. The summed E-state index contributed by atoms with van der Waals surface area (Å²) in [5.74, 6) is -0.414. The van der Waals surface area contributed by atoms with Crippen molar-refractivity contribution >= 4 is 5.91 Å². The molecule has 0 aliphatic rings. The van der Waals surface area contributed by atoms with Gasteiger partial charge in [0.1, 0.15) is 0 Å². The molecule has 0 aromatic rings. The zero-order chi connectivity index (χ0) is 13.6. The highest BCUT2D eigenvalue weighted by molar-refractivity contribution is 5.95. The van der Waals surface area contributed by atoms with Crippen molar-refractivity contribution < 1.29 is 4.79 Å². The van der Waals surface area contributed by atoms with E-state index in [-0.39, 0.29) is 0 Å². The van der Waals surface area contributed by atoms with Crippen molar-refractivity contribution in [1.29, 1.82) is 0 Å². The highest BCUT2D eigenvalue weighted by Gasteiger charge is 1.96. The van der Waals surface area contributed by atoms with Gasteiger partial charge in [-0.05, 0) is 26.3 Å². The normalized spacial score (nSPS) is 14.0. The lowest BCUT2D eigenvalue weighted by Crippen LogP contribution is -2.12. The highest BCUT2D eigenvalue weighted by atomic mass is 16.1. The van der Waals surface area contributed by atoms with Crippen LogP contribution in [0.2, 0.25) is 0 Å². The van der Waals surface area contributed by atoms with E-state index < -0.39 is 5.91 Å². The smallest absolute Gasteiger partial charge is 0.248 e. The van der Waals surface area contributed by atoms with Crippen LogP contribution in [0.5, 0.6) is 0 Å². The second-order valence-electron chi connectivity index (χ2n) is 3.49. The van der Waals surface area contributed by atoms with Crippen LogP contribution in [0.4, 0.5) is 0 Å².